The lowest BCUT2D eigenvalue weighted by molar-refractivity contribution is -0.114. The first-order chi connectivity index (χ1) is 10.6. The summed E-state index contributed by atoms with van der Waals surface area (Å²) in [6.45, 7) is 3.46. The van der Waals surface area contributed by atoms with Gasteiger partial charge in [-0.05, 0) is 36.8 Å². The summed E-state index contributed by atoms with van der Waals surface area (Å²) in [7, 11) is 0. The van der Waals surface area contributed by atoms with Crippen LogP contribution in [0.25, 0.3) is 22.9 Å². The molecule has 0 aliphatic heterocycles. The van der Waals surface area contributed by atoms with Gasteiger partial charge in [0.1, 0.15) is 0 Å². The Morgan fingerprint density at radius 1 is 1.05 bits per heavy atom. The number of rotatable bonds is 3. The molecule has 0 bridgehead atoms. The molecular weight excluding hydrogens is 278 g/mol. The Bertz CT molecular complexity index is 824. The van der Waals surface area contributed by atoms with Crippen LogP contribution >= 0.6 is 0 Å². The minimum absolute atomic E-state index is 0.122. The van der Waals surface area contributed by atoms with Crippen molar-refractivity contribution in [2.45, 2.75) is 13.8 Å². The van der Waals surface area contributed by atoms with Crippen LogP contribution in [0.1, 0.15) is 12.5 Å². The van der Waals surface area contributed by atoms with Gasteiger partial charge < -0.3 is 9.73 Å². The quantitative estimate of drug-likeness (QED) is 0.800. The van der Waals surface area contributed by atoms with E-state index >= 15 is 0 Å². The summed E-state index contributed by atoms with van der Waals surface area (Å²) < 4.78 is 5.76. The fourth-order valence-electron chi connectivity index (χ4n) is 2.19. The first kappa shape index (κ1) is 14.0. The van der Waals surface area contributed by atoms with Crippen molar-refractivity contribution in [3.05, 3.63) is 54.1 Å². The van der Waals surface area contributed by atoms with Crippen molar-refractivity contribution >= 4 is 11.6 Å². The number of nitrogens with one attached hydrogen (secondary N) is 1. The van der Waals surface area contributed by atoms with E-state index in [-0.39, 0.29) is 5.91 Å². The van der Waals surface area contributed by atoms with Gasteiger partial charge in [0.05, 0.1) is 0 Å². The van der Waals surface area contributed by atoms with E-state index < -0.39 is 0 Å². The number of carbonyl (C=O) groups is 1. The molecule has 0 aliphatic rings. The summed E-state index contributed by atoms with van der Waals surface area (Å²) in [4.78, 5) is 11.1. The van der Waals surface area contributed by atoms with Gasteiger partial charge in [0, 0.05) is 23.7 Å². The van der Waals surface area contributed by atoms with Gasteiger partial charge in [-0.15, -0.1) is 10.2 Å². The topological polar surface area (TPSA) is 68.0 Å². The smallest absolute Gasteiger partial charge is 0.248 e. The maximum absolute atomic E-state index is 11.1. The summed E-state index contributed by atoms with van der Waals surface area (Å²) in [5, 5.41) is 10.9. The Morgan fingerprint density at radius 3 is 2.59 bits per heavy atom. The summed E-state index contributed by atoms with van der Waals surface area (Å²) >= 11 is 0. The van der Waals surface area contributed by atoms with Crippen molar-refractivity contribution in [1.82, 2.24) is 10.2 Å². The Balaban J connectivity index is 1.94. The number of carbonyl (C=O) groups excluding carboxylic acids is 1. The first-order valence-electron chi connectivity index (χ1n) is 6.91. The number of anilines is 1. The Morgan fingerprint density at radius 2 is 1.82 bits per heavy atom. The predicted molar refractivity (Wildman–Crippen MR) is 84.2 cm³/mol. The van der Waals surface area contributed by atoms with Crippen LogP contribution in [0.2, 0.25) is 0 Å². The highest BCUT2D eigenvalue weighted by atomic mass is 16.4. The number of benzene rings is 2. The maximum Gasteiger partial charge on any atom is 0.248 e. The lowest BCUT2D eigenvalue weighted by Crippen LogP contribution is -2.05. The van der Waals surface area contributed by atoms with Gasteiger partial charge in [-0.1, -0.05) is 24.3 Å². The molecule has 0 saturated heterocycles. The second-order valence-electron chi connectivity index (χ2n) is 4.99. The second kappa shape index (κ2) is 5.81. The summed E-state index contributed by atoms with van der Waals surface area (Å²) in [6, 6.07) is 15.1. The number of aromatic nitrogens is 2. The molecule has 2 aromatic carbocycles. The van der Waals surface area contributed by atoms with Crippen LogP contribution in [0, 0.1) is 6.92 Å². The third-order valence-corrected chi connectivity index (χ3v) is 3.23. The van der Waals surface area contributed by atoms with Gasteiger partial charge in [0.25, 0.3) is 0 Å². The van der Waals surface area contributed by atoms with Gasteiger partial charge >= 0.3 is 0 Å². The van der Waals surface area contributed by atoms with E-state index in [0.29, 0.717) is 17.5 Å². The van der Waals surface area contributed by atoms with Gasteiger partial charge in [-0.3, -0.25) is 4.79 Å². The van der Waals surface area contributed by atoms with E-state index in [0.717, 1.165) is 16.7 Å². The molecule has 1 N–H and O–H groups in total. The van der Waals surface area contributed by atoms with Crippen LogP contribution in [0.4, 0.5) is 5.69 Å². The first-order valence-corrected chi connectivity index (χ1v) is 6.91. The average molecular weight is 293 g/mol. The number of aryl methyl sites for hydroxylation is 1. The molecule has 5 heteroatoms. The molecule has 22 heavy (non-hydrogen) atoms. The number of hydrogen-bond acceptors (Lipinski definition) is 4. The van der Waals surface area contributed by atoms with Crippen molar-refractivity contribution in [1.29, 1.82) is 0 Å². The summed E-state index contributed by atoms with van der Waals surface area (Å²) in [6.07, 6.45) is 0. The Labute approximate surface area is 128 Å². The van der Waals surface area contributed by atoms with Crippen molar-refractivity contribution in [2.24, 2.45) is 0 Å². The van der Waals surface area contributed by atoms with Gasteiger partial charge in [-0.25, -0.2) is 0 Å². The summed E-state index contributed by atoms with van der Waals surface area (Å²) in [5.41, 5.74) is 3.45. The minimum atomic E-state index is -0.122. The molecule has 0 spiro atoms. The van der Waals surface area contributed by atoms with Crippen molar-refractivity contribution < 1.29 is 9.21 Å². The van der Waals surface area contributed by atoms with Crippen LogP contribution in [0.5, 0.6) is 0 Å². The zero-order valence-electron chi connectivity index (χ0n) is 12.3. The fraction of sp³-hybridized carbons (Fsp3) is 0.118. The third kappa shape index (κ3) is 2.88. The predicted octanol–water partition coefficient (Wildman–Crippen LogP) is 3.67. The highest BCUT2D eigenvalue weighted by molar-refractivity contribution is 5.89. The Kier molecular flexibility index (Phi) is 3.70. The van der Waals surface area contributed by atoms with E-state index in [2.05, 4.69) is 15.5 Å². The molecular formula is C17H15N3O2. The molecule has 110 valence electrons. The van der Waals surface area contributed by atoms with Gasteiger partial charge in [0.2, 0.25) is 17.7 Å². The monoisotopic (exact) mass is 293 g/mol. The molecule has 0 aliphatic carbocycles. The molecule has 1 heterocycles. The molecule has 3 aromatic rings. The number of hydrogen-bond donors (Lipinski definition) is 1. The van der Waals surface area contributed by atoms with Gasteiger partial charge in [0.15, 0.2) is 0 Å². The normalized spacial score (nSPS) is 10.5. The summed E-state index contributed by atoms with van der Waals surface area (Å²) in [5.74, 6) is 0.784. The van der Waals surface area contributed by atoms with E-state index in [1.807, 2.05) is 49.4 Å². The van der Waals surface area contributed by atoms with E-state index in [9.17, 15) is 4.79 Å². The molecule has 3 rings (SSSR count). The van der Waals surface area contributed by atoms with E-state index in [1.54, 1.807) is 6.07 Å². The van der Waals surface area contributed by atoms with Crippen LogP contribution < -0.4 is 5.32 Å². The van der Waals surface area contributed by atoms with Crippen molar-refractivity contribution in [3.8, 4) is 22.9 Å². The molecule has 0 saturated carbocycles. The van der Waals surface area contributed by atoms with Crippen LogP contribution in [-0.4, -0.2) is 16.1 Å². The van der Waals surface area contributed by atoms with E-state index in [4.69, 9.17) is 4.42 Å². The van der Waals surface area contributed by atoms with Crippen molar-refractivity contribution in [2.75, 3.05) is 5.32 Å². The van der Waals surface area contributed by atoms with Crippen LogP contribution in [-0.2, 0) is 4.79 Å². The third-order valence-electron chi connectivity index (χ3n) is 3.23. The average Bonchev–Trinajstić information content (AvgIpc) is 2.97. The fourth-order valence-corrected chi connectivity index (χ4v) is 2.19. The van der Waals surface area contributed by atoms with E-state index in [1.165, 1.54) is 6.92 Å². The maximum atomic E-state index is 11.1. The number of nitrogens with zero attached hydrogens (tertiary/aromatic N) is 2. The lowest BCUT2D eigenvalue weighted by Gasteiger charge is -2.03. The second-order valence-corrected chi connectivity index (χ2v) is 4.99. The molecule has 5 nitrogen and oxygen atoms in total. The standard InChI is InChI=1S/C17H15N3O2/c1-11-6-3-4-9-15(11)17-20-19-16(22-17)13-7-5-8-14(10-13)18-12(2)21/h3-10H,1-2H3,(H,18,21). The molecule has 0 fully saturated rings. The molecule has 0 atom stereocenters. The van der Waals surface area contributed by atoms with Crippen LogP contribution in [0.15, 0.2) is 52.9 Å². The molecule has 0 unspecified atom stereocenters. The largest absolute Gasteiger partial charge is 0.416 e. The highest BCUT2D eigenvalue weighted by Crippen LogP contribution is 2.27. The van der Waals surface area contributed by atoms with Gasteiger partial charge in [-0.2, -0.15) is 0 Å². The van der Waals surface area contributed by atoms with Crippen molar-refractivity contribution in [3.63, 3.8) is 0 Å². The zero-order valence-corrected chi connectivity index (χ0v) is 12.3. The molecule has 0 radical (unpaired) electrons. The van der Waals surface area contributed by atoms with Crippen LogP contribution in [0.3, 0.4) is 0 Å². The SMILES string of the molecule is CC(=O)Nc1cccc(-c2nnc(-c3ccccc3C)o2)c1. The lowest BCUT2D eigenvalue weighted by atomic mass is 10.1. The molecule has 1 aromatic heterocycles. The Hall–Kier alpha value is -2.95. The zero-order chi connectivity index (χ0) is 15.5. The minimum Gasteiger partial charge on any atom is -0.416 e. The highest BCUT2D eigenvalue weighted by Gasteiger charge is 2.12. The molecule has 1 amide bonds. The number of amides is 1.